The van der Waals surface area contributed by atoms with Gasteiger partial charge in [0.2, 0.25) is 0 Å². The monoisotopic (exact) mass is 324 g/mol. The Morgan fingerprint density at radius 1 is 1.37 bits per heavy atom. The Balaban J connectivity index is 2.05. The summed E-state index contributed by atoms with van der Waals surface area (Å²) in [5, 5.41) is 0.827. The van der Waals surface area contributed by atoms with Crippen LogP contribution in [0.2, 0.25) is 0 Å². The van der Waals surface area contributed by atoms with E-state index in [9.17, 15) is 4.79 Å². The SMILES string of the molecule is CN(C)C1CCCN(C(=O)c2ccc(CBr)cc2)C1. The van der Waals surface area contributed by atoms with E-state index in [4.69, 9.17) is 0 Å². The number of carbonyl (C=O) groups is 1. The summed E-state index contributed by atoms with van der Waals surface area (Å²) in [5.74, 6) is 0.160. The Morgan fingerprint density at radius 2 is 2.05 bits per heavy atom. The molecule has 19 heavy (non-hydrogen) atoms. The Kier molecular flexibility index (Phi) is 4.99. The lowest BCUT2D eigenvalue weighted by molar-refractivity contribution is 0.0635. The fourth-order valence-corrected chi connectivity index (χ4v) is 2.85. The number of piperidine rings is 1. The summed E-state index contributed by atoms with van der Waals surface area (Å²) in [6.07, 6.45) is 2.27. The molecule has 1 atom stereocenters. The van der Waals surface area contributed by atoms with Crippen molar-refractivity contribution in [2.24, 2.45) is 0 Å². The van der Waals surface area contributed by atoms with E-state index in [1.165, 1.54) is 12.0 Å². The molecular formula is C15H21BrN2O. The maximum Gasteiger partial charge on any atom is 0.253 e. The minimum atomic E-state index is 0.160. The summed E-state index contributed by atoms with van der Waals surface area (Å²) in [6.45, 7) is 1.72. The van der Waals surface area contributed by atoms with Gasteiger partial charge in [-0.2, -0.15) is 0 Å². The first-order valence-corrected chi connectivity index (χ1v) is 7.84. The van der Waals surface area contributed by atoms with Crippen molar-refractivity contribution in [3.63, 3.8) is 0 Å². The van der Waals surface area contributed by atoms with Crippen molar-refractivity contribution < 1.29 is 4.79 Å². The van der Waals surface area contributed by atoms with Gasteiger partial charge in [-0.15, -0.1) is 0 Å². The third-order valence-electron chi connectivity index (χ3n) is 3.77. The highest BCUT2D eigenvalue weighted by molar-refractivity contribution is 9.08. The molecule has 0 radical (unpaired) electrons. The largest absolute Gasteiger partial charge is 0.337 e. The molecule has 0 spiro atoms. The molecule has 0 N–H and O–H groups in total. The number of benzene rings is 1. The van der Waals surface area contributed by atoms with Crippen LogP contribution in [0.25, 0.3) is 0 Å². The third kappa shape index (κ3) is 3.57. The van der Waals surface area contributed by atoms with Crippen LogP contribution in [-0.2, 0) is 5.33 Å². The van der Waals surface area contributed by atoms with Gasteiger partial charge >= 0.3 is 0 Å². The molecule has 0 saturated carbocycles. The van der Waals surface area contributed by atoms with Gasteiger partial charge in [0, 0.05) is 30.0 Å². The van der Waals surface area contributed by atoms with E-state index in [1.54, 1.807) is 0 Å². The summed E-state index contributed by atoms with van der Waals surface area (Å²) in [5.41, 5.74) is 1.99. The minimum absolute atomic E-state index is 0.160. The van der Waals surface area contributed by atoms with Crippen LogP contribution < -0.4 is 0 Å². The lowest BCUT2D eigenvalue weighted by Crippen LogP contribution is -2.47. The van der Waals surface area contributed by atoms with Crippen molar-refractivity contribution in [2.45, 2.75) is 24.2 Å². The Morgan fingerprint density at radius 3 is 2.63 bits per heavy atom. The van der Waals surface area contributed by atoms with E-state index in [2.05, 4.69) is 34.9 Å². The predicted molar refractivity (Wildman–Crippen MR) is 81.7 cm³/mol. The maximum absolute atomic E-state index is 12.5. The number of amides is 1. The summed E-state index contributed by atoms with van der Waals surface area (Å²) < 4.78 is 0. The average Bonchev–Trinajstić information content (AvgIpc) is 2.46. The first kappa shape index (κ1) is 14.5. The second kappa shape index (κ2) is 6.53. The van der Waals surface area contributed by atoms with Gasteiger partial charge < -0.3 is 9.80 Å². The van der Waals surface area contributed by atoms with Crippen LogP contribution >= 0.6 is 15.9 Å². The van der Waals surface area contributed by atoms with Gasteiger partial charge in [-0.05, 0) is 44.6 Å². The van der Waals surface area contributed by atoms with Crippen LogP contribution in [0.4, 0.5) is 0 Å². The molecule has 0 aliphatic carbocycles. The molecule has 3 nitrogen and oxygen atoms in total. The summed E-state index contributed by atoms with van der Waals surface area (Å²) in [4.78, 5) is 16.7. The van der Waals surface area contributed by atoms with Crippen LogP contribution in [0.3, 0.4) is 0 Å². The number of hydrogen-bond acceptors (Lipinski definition) is 2. The van der Waals surface area contributed by atoms with Crippen molar-refractivity contribution in [3.05, 3.63) is 35.4 Å². The van der Waals surface area contributed by atoms with Gasteiger partial charge in [0.15, 0.2) is 0 Å². The smallest absolute Gasteiger partial charge is 0.253 e. The van der Waals surface area contributed by atoms with Crippen molar-refractivity contribution in [1.82, 2.24) is 9.80 Å². The van der Waals surface area contributed by atoms with E-state index in [1.807, 2.05) is 29.2 Å². The molecule has 1 amide bonds. The Hall–Kier alpha value is -0.870. The Bertz CT molecular complexity index is 430. The van der Waals surface area contributed by atoms with E-state index in [0.717, 1.165) is 30.4 Å². The molecule has 1 aromatic rings. The fraction of sp³-hybridized carbons (Fsp3) is 0.533. The van der Waals surface area contributed by atoms with Crippen LogP contribution in [0.5, 0.6) is 0 Å². The van der Waals surface area contributed by atoms with Gasteiger partial charge in [0.05, 0.1) is 0 Å². The van der Waals surface area contributed by atoms with Gasteiger partial charge in [0.1, 0.15) is 0 Å². The molecule has 1 aliphatic rings. The van der Waals surface area contributed by atoms with Gasteiger partial charge in [-0.1, -0.05) is 28.1 Å². The van der Waals surface area contributed by atoms with Crippen molar-refractivity contribution in [3.8, 4) is 0 Å². The average molecular weight is 325 g/mol. The predicted octanol–water partition coefficient (Wildman–Crippen LogP) is 2.75. The lowest BCUT2D eigenvalue weighted by Gasteiger charge is -2.36. The molecule has 104 valence electrons. The number of hydrogen-bond donors (Lipinski definition) is 0. The summed E-state index contributed by atoms with van der Waals surface area (Å²) >= 11 is 3.42. The van der Waals surface area contributed by atoms with Crippen LogP contribution in [0.15, 0.2) is 24.3 Å². The highest BCUT2D eigenvalue weighted by atomic mass is 79.9. The Labute approximate surface area is 123 Å². The molecule has 1 saturated heterocycles. The number of halogens is 1. The third-order valence-corrected chi connectivity index (χ3v) is 4.42. The summed E-state index contributed by atoms with van der Waals surface area (Å²) in [6, 6.07) is 8.36. The molecule has 0 aromatic heterocycles. The standard InChI is InChI=1S/C15H21BrN2O/c1-17(2)14-4-3-9-18(11-14)15(19)13-7-5-12(10-16)6-8-13/h5-8,14H,3-4,9-11H2,1-2H3. The van der Waals surface area contributed by atoms with Crippen molar-refractivity contribution in [1.29, 1.82) is 0 Å². The maximum atomic E-state index is 12.5. The van der Waals surface area contributed by atoms with Gasteiger partial charge in [-0.25, -0.2) is 0 Å². The van der Waals surface area contributed by atoms with Crippen molar-refractivity contribution >= 4 is 21.8 Å². The second-order valence-electron chi connectivity index (χ2n) is 5.34. The molecule has 1 unspecified atom stereocenters. The van der Waals surface area contributed by atoms with E-state index >= 15 is 0 Å². The quantitative estimate of drug-likeness (QED) is 0.798. The van der Waals surface area contributed by atoms with Crippen LogP contribution in [0, 0.1) is 0 Å². The second-order valence-corrected chi connectivity index (χ2v) is 5.90. The highest BCUT2D eigenvalue weighted by Crippen LogP contribution is 2.17. The molecule has 1 aliphatic heterocycles. The molecule has 0 bridgehead atoms. The van der Waals surface area contributed by atoms with Gasteiger partial charge in [-0.3, -0.25) is 4.79 Å². The number of carbonyl (C=O) groups excluding carboxylic acids is 1. The minimum Gasteiger partial charge on any atom is -0.337 e. The normalized spacial score (nSPS) is 19.8. The first-order chi connectivity index (χ1) is 9.11. The van der Waals surface area contributed by atoms with Gasteiger partial charge in [0.25, 0.3) is 5.91 Å². The number of nitrogens with zero attached hydrogens (tertiary/aromatic N) is 2. The first-order valence-electron chi connectivity index (χ1n) is 6.72. The topological polar surface area (TPSA) is 23.6 Å². The molecule has 1 fully saturated rings. The number of alkyl halides is 1. The van der Waals surface area contributed by atoms with Crippen LogP contribution in [0.1, 0.15) is 28.8 Å². The molecule has 1 aromatic carbocycles. The molecule has 2 rings (SSSR count). The zero-order valence-corrected chi connectivity index (χ0v) is 13.2. The van der Waals surface area contributed by atoms with E-state index in [0.29, 0.717) is 6.04 Å². The molecular weight excluding hydrogens is 304 g/mol. The number of likely N-dealkylation sites (N-methyl/N-ethyl adjacent to an activating group) is 1. The van der Waals surface area contributed by atoms with Crippen molar-refractivity contribution in [2.75, 3.05) is 27.2 Å². The fourth-order valence-electron chi connectivity index (χ4n) is 2.48. The van der Waals surface area contributed by atoms with E-state index in [-0.39, 0.29) is 5.91 Å². The zero-order valence-electron chi connectivity index (χ0n) is 11.6. The molecule has 1 heterocycles. The van der Waals surface area contributed by atoms with Crippen LogP contribution in [-0.4, -0.2) is 48.9 Å². The number of likely N-dealkylation sites (tertiary alicyclic amines) is 1. The van der Waals surface area contributed by atoms with E-state index < -0.39 is 0 Å². The zero-order chi connectivity index (χ0) is 13.8. The molecule has 4 heteroatoms. The highest BCUT2D eigenvalue weighted by Gasteiger charge is 2.25. The summed E-state index contributed by atoms with van der Waals surface area (Å²) in [7, 11) is 4.17. The number of rotatable bonds is 3. The lowest BCUT2D eigenvalue weighted by atomic mass is 10.0.